The van der Waals surface area contributed by atoms with Gasteiger partial charge in [0.05, 0.1) is 11.1 Å². The van der Waals surface area contributed by atoms with Gasteiger partial charge in [0.2, 0.25) is 0 Å². The van der Waals surface area contributed by atoms with Crippen molar-refractivity contribution in [2.24, 2.45) is 0 Å². The fraction of sp³-hybridized carbons (Fsp3) is 0.129. The van der Waals surface area contributed by atoms with Crippen molar-refractivity contribution in [3.05, 3.63) is 107 Å². The smallest absolute Gasteiger partial charge is 0.314 e. The van der Waals surface area contributed by atoms with Gasteiger partial charge in [-0.2, -0.15) is 0 Å². The predicted molar refractivity (Wildman–Crippen MR) is 149 cm³/mol. The van der Waals surface area contributed by atoms with Gasteiger partial charge in [0.25, 0.3) is 0 Å². The Morgan fingerprint density at radius 2 is 1.55 bits per heavy atom. The number of hydrogen-bond acceptors (Lipinski definition) is 5. The summed E-state index contributed by atoms with van der Waals surface area (Å²) in [5, 5.41) is 17.8. The van der Waals surface area contributed by atoms with Gasteiger partial charge in [0.1, 0.15) is 17.2 Å². The standard InChI is InChI=1S/C31H24ClN3O3/c1-19-28(34-27-7-3-6-26(33-27)23-4-2-5-25(32)18-23)29(38-35-19)22-10-8-20(9-11-22)21-12-14-24(15-13-21)31(16-17-31)30(36)37/h2-15,18H,16-17H2,1H3,(H,33,34)(H,36,37). The minimum Gasteiger partial charge on any atom is -0.481 e. The van der Waals surface area contributed by atoms with Crippen LogP contribution in [0.5, 0.6) is 0 Å². The van der Waals surface area contributed by atoms with E-state index in [1.807, 2.05) is 97.9 Å². The van der Waals surface area contributed by atoms with Gasteiger partial charge in [0.15, 0.2) is 5.76 Å². The highest BCUT2D eigenvalue weighted by Gasteiger charge is 2.51. The molecule has 0 bridgehead atoms. The van der Waals surface area contributed by atoms with Crippen molar-refractivity contribution in [1.82, 2.24) is 10.1 Å². The number of hydrogen-bond donors (Lipinski definition) is 2. The molecule has 7 heteroatoms. The third-order valence-electron chi connectivity index (χ3n) is 7.06. The molecule has 0 atom stereocenters. The molecule has 1 fully saturated rings. The number of benzene rings is 3. The van der Waals surface area contributed by atoms with E-state index in [9.17, 15) is 9.90 Å². The van der Waals surface area contributed by atoms with E-state index in [4.69, 9.17) is 21.1 Å². The van der Waals surface area contributed by atoms with Gasteiger partial charge in [-0.25, -0.2) is 4.98 Å². The summed E-state index contributed by atoms with van der Waals surface area (Å²) in [5.74, 6) is 0.547. The van der Waals surface area contributed by atoms with E-state index >= 15 is 0 Å². The summed E-state index contributed by atoms with van der Waals surface area (Å²) in [7, 11) is 0. The minimum atomic E-state index is -0.743. The molecule has 2 N–H and O–H groups in total. The molecule has 6 rings (SSSR count). The van der Waals surface area contributed by atoms with Crippen LogP contribution in [-0.4, -0.2) is 21.2 Å². The number of aliphatic carboxylic acids is 1. The largest absolute Gasteiger partial charge is 0.481 e. The Balaban J connectivity index is 1.24. The summed E-state index contributed by atoms with van der Waals surface area (Å²) in [6, 6.07) is 29.2. The Labute approximate surface area is 224 Å². The molecule has 0 spiro atoms. The Kier molecular flexibility index (Phi) is 5.97. The van der Waals surface area contributed by atoms with Crippen molar-refractivity contribution in [1.29, 1.82) is 0 Å². The van der Waals surface area contributed by atoms with Crippen molar-refractivity contribution < 1.29 is 14.4 Å². The minimum absolute atomic E-state index is 0.622. The number of aromatic nitrogens is 2. The number of anilines is 2. The average Bonchev–Trinajstić information content (AvgIpc) is 3.68. The zero-order valence-electron chi connectivity index (χ0n) is 20.6. The quantitative estimate of drug-likeness (QED) is 0.226. The number of nitrogens with zero attached hydrogens (tertiary/aromatic N) is 2. The summed E-state index contributed by atoms with van der Waals surface area (Å²) < 4.78 is 5.70. The van der Waals surface area contributed by atoms with Crippen LogP contribution in [0.4, 0.5) is 11.5 Å². The van der Waals surface area contributed by atoms with Crippen LogP contribution >= 0.6 is 11.6 Å². The highest BCUT2D eigenvalue weighted by Crippen LogP contribution is 2.48. The van der Waals surface area contributed by atoms with E-state index in [2.05, 4.69) is 10.5 Å². The first kappa shape index (κ1) is 23.9. The number of pyridine rings is 1. The Bertz CT molecular complexity index is 1640. The molecule has 1 aliphatic carbocycles. The lowest BCUT2D eigenvalue weighted by Crippen LogP contribution is -2.19. The van der Waals surface area contributed by atoms with Gasteiger partial charge in [0, 0.05) is 16.1 Å². The van der Waals surface area contributed by atoms with E-state index in [0.717, 1.165) is 44.9 Å². The number of nitrogens with one attached hydrogen (secondary N) is 1. The van der Waals surface area contributed by atoms with Gasteiger partial charge >= 0.3 is 5.97 Å². The molecule has 3 aromatic carbocycles. The van der Waals surface area contributed by atoms with Crippen LogP contribution in [0, 0.1) is 6.92 Å². The van der Waals surface area contributed by atoms with Gasteiger partial charge < -0.3 is 14.9 Å². The third kappa shape index (κ3) is 4.44. The average molecular weight is 522 g/mol. The maximum absolute atomic E-state index is 11.6. The van der Waals surface area contributed by atoms with Crippen LogP contribution in [0.25, 0.3) is 33.7 Å². The molecule has 2 heterocycles. The maximum Gasteiger partial charge on any atom is 0.314 e. The fourth-order valence-corrected chi connectivity index (χ4v) is 4.89. The Morgan fingerprint density at radius 3 is 2.21 bits per heavy atom. The number of rotatable bonds is 7. The first-order chi connectivity index (χ1) is 18.4. The van der Waals surface area contributed by atoms with Crippen LogP contribution in [-0.2, 0) is 10.2 Å². The zero-order valence-corrected chi connectivity index (χ0v) is 21.4. The maximum atomic E-state index is 11.6. The molecule has 2 aromatic heterocycles. The fourth-order valence-electron chi connectivity index (χ4n) is 4.70. The van der Waals surface area contributed by atoms with Crippen LogP contribution in [0.15, 0.2) is 95.5 Å². The molecule has 0 unspecified atom stereocenters. The Hall–Kier alpha value is -4.42. The first-order valence-electron chi connectivity index (χ1n) is 12.3. The number of aryl methyl sites for hydroxylation is 1. The van der Waals surface area contributed by atoms with E-state index in [0.29, 0.717) is 29.4 Å². The van der Waals surface area contributed by atoms with Crippen molar-refractivity contribution in [3.63, 3.8) is 0 Å². The van der Waals surface area contributed by atoms with Crippen LogP contribution in [0.2, 0.25) is 5.02 Å². The molecular formula is C31H24ClN3O3. The molecule has 38 heavy (non-hydrogen) atoms. The van der Waals surface area contributed by atoms with E-state index in [-0.39, 0.29) is 0 Å². The SMILES string of the molecule is Cc1noc(-c2ccc(-c3ccc(C4(C(=O)O)CC4)cc3)cc2)c1Nc1cccc(-c2cccc(Cl)c2)n1. The van der Waals surface area contributed by atoms with E-state index in [1.54, 1.807) is 0 Å². The molecule has 1 aliphatic rings. The summed E-state index contributed by atoms with van der Waals surface area (Å²) in [5.41, 5.74) is 6.31. The van der Waals surface area contributed by atoms with Crippen LogP contribution < -0.4 is 5.32 Å². The topological polar surface area (TPSA) is 88.2 Å². The third-order valence-corrected chi connectivity index (χ3v) is 7.30. The number of carboxylic acids is 1. The molecule has 1 saturated carbocycles. The van der Waals surface area contributed by atoms with E-state index in [1.165, 1.54) is 0 Å². The van der Waals surface area contributed by atoms with Gasteiger partial charge in [-0.05, 0) is 60.7 Å². The second-order valence-electron chi connectivity index (χ2n) is 9.56. The molecule has 0 amide bonds. The summed E-state index contributed by atoms with van der Waals surface area (Å²) in [6.07, 6.45) is 1.40. The lowest BCUT2D eigenvalue weighted by Gasteiger charge is -2.11. The normalized spacial score (nSPS) is 13.7. The molecule has 5 aromatic rings. The molecule has 0 saturated heterocycles. The van der Waals surface area contributed by atoms with Crippen molar-refractivity contribution in [3.8, 4) is 33.7 Å². The summed E-state index contributed by atoms with van der Waals surface area (Å²) in [4.78, 5) is 16.4. The zero-order chi connectivity index (χ0) is 26.3. The summed E-state index contributed by atoms with van der Waals surface area (Å²) >= 11 is 6.16. The van der Waals surface area contributed by atoms with E-state index < -0.39 is 11.4 Å². The van der Waals surface area contributed by atoms with Crippen molar-refractivity contribution in [2.75, 3.05) is 5.32 Å². The highest BCUT2D eigenvalue weighted by atomic mass is 35.5. The molecule has 188 valence electrons. The molecular weight excluding hydrogens is 498 g/mol. The summed E-state index contributed by atoms with van der Waals surface area (Å²) in [6.45, 7) is 1.88. The highest BCUT2D eigenvalue weighted by molar-refractivity contribution is 6.30. The lowest BCUT2D eigenvalue weighted by atomic mass is 9.93. The molecule has 6 nitrogen and oxygen atoms in total. The van der Waals surface area contributed by atoms with Gasteiger partial charge in [-0.1, -0.05) is 83.5 Å². The Morgan fingerprint density at radius 1 is 0.895 bits per heavy atom. The van der Waals surface area contributed by atoms with Crippen molar-refractivity contribution in [2.45, 2.75) is 25.2 Å². The predicted octanol–water partition coefficient (Wildman–Crippen LogP) is 7.89. The molecule has 0 aliphatic heterocycles. The number of carboxylic acid groups (broad SMARTS) is 1. The lowest BCUT2D eigenvalue weighted by molar-refractivity contribution is -0.140. The number of carbonyl (C=O) groups is 1. The second-order valence-corrected chi connectivity index (χ2v) is 9.99. The van der Waals surface area contributed by atoms with Crippen LogP contribution in [0.3, 0.4) is 0 Å². The van der Waals surface area contributed by atoms with Gasteiger partial charge in [-0.15, -0.1) is 0 Å². The van der Waals surface area contributed by atoms with Gasteiger partial charge in [-0.3, -0.25) is 4.79 Å². The van der Waals surface area contributed by atoms with Crippen molar-refractivity contribution >= 4 is 29.1 Å². The van der Waals surface area contributed by atoms with Crippen LogP contribution in [0.1, 0.15) is 24.1 Å². The molecule has 0 radical (unpaired) electrons. The number of halogens is 1. The first-order valence-corrected chi connectivity index (χ1v) is 12.7. The second kappa shape index (κ2) is 9.47. The monoisotopic (exact) mass is 521 g/mol.